The molecule has 186 valence electrons. The van der Waals surface area contributed by atoms with Crippen LogP contribution < -0.4 is 24.3 Å². The van der Waals surface area contributed by atoms with Gasteiger partial charge >= 0.3 is 0 Å². The van der Waals surface area contributed by atoms with E-state index >= 15 is 0 Å². The summed E-state index contributed by atoms with van der Waals surface area (Å²) < 4.78 is 22.8. The average Bonchev–Trinajstić information content (AvgIpc) is 2.91. The Hall–Kier alpha value is -3.97. The van der Waals surface area contributed by atoms with Gasteiger partial charge in [0.05, 0.1) is 32.0 Å². The van der Waals surface area contributed by atoms with Crippen molar-refractivity contribution in [3.05, 3.63) is 72.4 Å². The van der Waals surface area contributed by atoms with Crippen LogP contribution in [0.15, 0.2) is 71.9 Å². The van der Waals surface area contributed by atoms with Gasteiger partial charge in [0.1, 0.15) is 5.75 Å². The number of hydrogen-bond donors (Lipinski definition) is 1. The number of nitrogens with zero attached hydrogens (tertiary/aromatic N) is 2. The molecule has 0 aliphatic heterocycles. The van der Waals surface area contributed by atoms with Crippen molar-refractivity contribution in [1.29, 1.82) is 0 Å². The molecule has 0 spiro atoms. The molecule has 0 bridgehead atoms. The molecule has 1 heterocycles. The van der Waals surface area contributed by atoms with Gasteiger partial charge in [-0.25, -0.2) is 0 Å². The Morgan fingerprint density at radius 1 is 0.944 bits per heavy atom. The number of halogens is 1. The lowest BCUT2D eigenvalue weighted by atomic mass is 10.1. The molecule has 36 heavy (non-hydrogen) atoms. The zero-order valence-electron chi connectivity index (χ0n) is 20.5. The predicted molar refractivity (Wildman–Crippen MR) is 145 cm³/mol. The van der Waals surface area contributed by atoms with Crippen molar-refractivity contribution in [1.82, 2.24) is 4.98 Å². The second-order valence-electron chi connectivity index (χ2n) is 7.79. The number of hydrogen-bond acceptors (Lipinski definition) is 7. The van der Waals surface area contributed by atoms with E-state index < -0.39 is 0 Å². The van der Waals surface area contributed by atoms with Crippen LogP contribution in [0.3, 0.4) is 0 Å². The number of aliphatic imine (C=N–C) groups is 1. The highest BCUT2D eigenvalue weighted by atomic mass is 35.5. The molecule has 1 aromatic heterocycles. The van der Waals surface area contributed by atoms with E-state index in [0.29, 0.717) is 41.2 Å². The lowest BCUT2D eigenvalue weighted by molar-refractivity contribution is 0.295. The van der Waals surface area contributed by atoms with Crippen LogP contribution in [0.25, 0.3) is 10.9 Å². The number of alkyl halides is 1. The molecule has 0 saturated carbocycles. The largest absolute Gasteiger partial charge is 0.493 e. The Morgan fingerprint density at radius 2 is 1.69 bits per heavy atom. The van der Waals surface area contributed by atoms with Gasteiger partial charge < -0.3 is 24.3 Å². The van der Waals surface area contributed by atoms with Crippen molar-refractivity contribution in [2.24, 2.45) is 4.99 Å². The summed E-state index contributed by atoms with van der Waals surface area (Å²) in [6.45, 7) is 0.500. The molecule has 0 aliphatic rings. The maximum Gasteiger partial charge on any atom is 0.169 e. The molecule has 0 fully saturated rings. The van der Waals surface area contributed by atoms with Gasteiger partial charge in [-0.3, -0.25) is 9.98 Å². The minimum Gasteiger partial charge on any atom is -0.493 e. The molecule has 0 unspecified atom stereocenters. The van der Waals surface area contributed by atoms with Gasteiger partial charge in [0.15, 0.2) is 23.0 Å². The molecule has 4 rings (SSSR count). The summed E-state index contributed by atoms with van der Waals surface area (Å²) in [5.41, 5.74) is 3.34. The van der Waals surface area contributed by atoms with E-state index in [9.17, 15) is 0 Å². The number of para-hydroxylation sites is 2. The number of aromatic nitrogens is 1. The Labute approximate surface area is 215 Å². The highest BCUT2D eigenvalue weighted by Crippen LogP contribution is 2.37. The van der Waals surface area contributed by atoms with Gasteiger partial charge in [0.2, 0.25) is 0 Å². The number of pyridine rings is 1. The fraction of sp³-hybridized carbons (Fsp3) is 0.214. The number of rotatable bonds is 11. The maximum atomic E-state index is 6.00. The third kappa shape index (κ3) is 5.80. The Balaban J connectivity index is 1.65. The number of benzene rings is 3. The molecule has 0 saturated heterocycles. The first-order valence-electron chi connectivity index (χ1n) is 11.5. The number of ether oxygens (including phenoxy) is 4. The first kappa shape index (κ1) is 25.1. The molecular weight excluding hydrogens is 478 g/mol. The number of anilines is 2. The van der Waals surface area contributed by atoms with Gasteiger partial charge in [-0.05, 0) is 48.9 Å². The zero-order valence-corrected chi connectivity index (χ0v) is 21.2. The smallest absolute Gasteiger partial charge is 0.169 e. The Bertz CT molecular complexity index is 1340. The van der Waals surface area contributed by atoms with Gasteiger partial charge in [0, 0.05) is 48.0 Å². The van der Waals surface area contributed by atoms with Gasteiger partial charge in [-0.15, -0.1) is 11.6 Å². The molecule has 3 aromatic carbocycles. The summed E-state index contributed by atoms with van der Waals surface area (Å²) in [7, 11) is 4.97. The van der Waals surface area contributed by atoms with Gasteiger partial charge in [0.25, 0.3) is 0 Å². The second-order valence-corrected chi connectivity index (χ2v) is 8.17. The lowest BCUT2D eigenvalue weighted by Gasteiger charge is -2.16. The Morgan fingerprint density at radius 3 is 2.39 bits per heavy atom. The minimum atomic E-state index is 0.500. The van der Waals surface area contributed by atoms with Crippen LogP contribution in [-0.2, 0) is 0 Å². The van der Waals surface area contributed by atoms with E-state index in [4.69, 9.17) is 30.5 Å². The first-order valence-corrected chi connectivity index (χ1v) is 12.0. The van der Waals surface area contributed by atoms with E-state index in [1.54, 1.807) is 33.7 Å². The van der Waals surface area contributed by atoms with Crippen LogP contribution in [0.4, 0.5) is 11.4 Å². The fourth-order valence-corrected chi connectivity index (χ4v) is 3.79. The van der Waals surface area contributed by atoms with Crippen LogP contribution in [0.2, 0.25) is 0 Å². The van der Waals surface area contributed by atoms with Crippen molar-refractivity contribution < 1.29 is 18.9 Å². The summed E-state index contributed by atoms with van der Waals surface area (Å²) in [5.74, 6) is 3.80. The van der Waals surface area contributed by atoms with E-state index in [1.807, 2.05) is 60.7 Å². The second kappa shape index (κ2) is 12.1. The summed E-state index contributed by atoms with van der Waals surface area (Å²) in [6.07, 6.45) is 4.29. The highest BCUT2D eigenvalue weighted by Gasteiger charge is 2.14. The molecule has 4 aromatic rings. The summed E-state index contributed by atoms with van der Waals surface area (Å²) in [4.78, 5) is 8.82. The molecule has 7 nitrogen and oxygen atoms in total. The van der Waals surface area contributed by atoms with Crippen molar-refractivity contribution in [3.63, 3.8) is 0 Å². The van der Waals surface area contributed by atoms with Crippen LogP contribution in [0, 0.1) is 0 Å². The molecule has 0 amide bonds. The normalized spacial score (nSPS) is 11.0. The third-order valence-electron chi connectivity index (χ3n) is 5.41. The van der Waals surface area contributed by atoms with Crippen LogP contribution in [-0.4, -0.2) is 45.0 Å². The van der Waals surface area contributed by atoms with Crippen molar-refractivity contribution in [2.75, 3.05) is 39.1 Å². The molecular formula is C28H28ClN3O4. The van der Waals surface area contributed by atoms with Gasteiger partial charge in [-0.2, -0.15) is 0 Å². The summed E-state index contributed by atoms with van der Waals surface area (Å²) >= 11 is 5.79. The van der Waals surface area contributed by atoms with E-state index in [1.165, 1.54) is 0 Å². The van der Waals surface area contributed by atoms with Crippen molar-refractivity contribution >= 4 is 40.1 Å². The van der Waals surface area contributed by atoms with Crippen LogP contribution in [0.1, 0.15) is 12.0 Å². The van der Waals surface area contributed by atoms with Crippen LogP contribution in [0.5, 0.6) is 28.7 Å². The van der Waals surface area contributed by atoms with Crippen molar-refractivity contribution in [2.45, 2.75) is 6.42 Å². The molecule has 1 N–H and O–H groups in total. The number of nitrogens with one attached hydrogen (secondary N) is 1. The summed E-state index contributed by atoms with van der Waals surface area (Å²) in [5, 5.41) is 4.39. The predicted octanol–water partition coefficient (Wildman–Crippen LogP) is 6.84. The standard InChI is InChI=1S/C28H28ClN3O4/c1-30-17-19-18-31-23-16-27(35-14-6-13-29)26(34-3)15-22(23)28(19)32-20-9-11-21(12-10-20)36-25-8-5-4-7-24(25)33-2/h4-5,7-12,15-18H,6,13-14H2,1-3H3,(H,31,32). The van der Waals surface area contributed by atoms with Crippen molar-refractivity contribution in [3.8, 4) is 28.7 Å². The number of methoxy groups -OCH3 is 2. The third-order valence-corrected chi connectivity index (χ3v) is 5.67. The fourth-order valence-electron chi connectivity index (χ4n) is 3.68. The topological polar surface area (TPSA) is 74.2 Å². The minimum absolute atomic E-state index is 0.500. The zero-order chi connectivity index (χ0) is 25.3. The Kier molecular flexibility index (Phi) is 8.47. The SMILES string of the molecule is CN=Cc1cnc2cc(OCCCCl)c(OC)cc2c1Nc1ccc(Oc2ccccc2OC)cc1. The molecule has 0 aliphatic carbocycles. The first-order chi connectivity index (χ1) is 17.7. The number of fused-ring (bicyclic) bond motifs is 1. The van der Waals surface area contributed by atoms with Gasteiger partial charge in [-0.1, -0.05) is 12.1 Å². The quantitative estimate of drug-likeness (QED) is 0.136. The highest BCUT2D eigenvalue weighted by molar-refractivity contribution is 6.17. The molecule has 0 radical (unpaired) electrons. The van der Waals surface area contributed by atoms with Crippen LogP contribution >= 0.6 is 11.6 Å². The monoisotopic (exact) mass is 505 g/mol. The average molecular weight is 506 g/mol. The molecule has 8 heteroatoms. The van der Waals surface area contributed by atoms with E-state index in [0.717, 1.165) is 34.3 Å². The molecule has 0 atom stereocenters. The lowest BCUT2D eigenvalue weighted by Crippen LogP contribution is -2.02. The van der Waals surface area contributed by atoms with E-state index in [-0.39, 0.29) is 0 Å². The van der Waals surface area contributed by atoms with E-state index in [2.05, 4.69) is 15.3 Å². The summed E-state index contributed by atoms with van der Waals surface area (Å²) in [6, 6.07) is 19.0. The maximum absolute atomic E-state index is 6.00.